The second-order valence-corrected chi connectivity index (χ2v) is 7.67. The van der Waals surface area contributed by atoms with Crippen molar-refractivity contribution in [2.45, 2.75) is 17.9 Å². The Kier molecular flexibility index (Phi) is 5.41. The van der Waals surface area contributed by atoms with Crippen LogP contribution in [0.4, 0.5) is 0 Å². The molecular formula is C17H15ClO5S. The van der Waals surface area contributed by atoms with Gasteiger partial charge in [0.2, 0.25) is 5.78 Å². The molecule has 126 valence electrons. The maximum atomic E-state index is 12.3. The molecule has 7 heteroatoms. The first-order chi connectivity index (χ1) is 11.2. The van der Waals surface area contributed by atoms with Crippen molar-refractivity contribution in [2.75, 3.05) is 6.26 Å². The van der Waals surface area contributed by atoms with Gasteiger partial charge >= 0.3 is 5.97 Å². The van der Waals surface area contributed by atoms with E-state index in [4.69, 9.17) is 16.3 Å². The number of ketones is 1. The van der Waals surface area contributed by atoms with Crippen LogP contribution in [0.1, 0.15) is 27.6 Å². The van der Waals surface area contributed by atoms with E-state index in [1.807, 2.05) is 0 Å². The van der Waals surface area contributed by atoms with Gasteiger partial charge in [-0.1, -0.05) is 29.8 Å². The molecule has 5 nitrogen and oxygen atoms in total. The van der Waals surface area contributed by atoms with Gasteiger partial charge in [-0.05, 0) is 37.3 Å². The zero-order valence-corrected chi connectivity index (χ0v) is 14.6. The SMILES string of the molecule is C[C@@H](OC(=O)c1cccc(S(C)(=O)=O)c1)C(=O)c1cccc(Cl)c1. The van der Waals surface area contributed by atoms with Crippen LogP contribution in [-0.2, 0) is 14.6 Å². The molecule has 0 aromatic heterocycles. The van der Waals surface area contributed by atoms with Gasteiger partial charge in [0, 0.05) is 16.8 Å². The van der Waals surface area contributed by atoms with Crippen molar-refractivity contribution in [2.24, 2.45) is 0 Å². The van der Waals surface area contributed by atoms with E-state index < -0.39 is 27.7 Å². The van der Waals surface area contributed by atoms with E-state index in [0.717, 1.165) is 6.26 Å². The van der Waals surface area contributed by atoms with E-state index >= 15 is 0 Å². The van der Waals surface area contributed by atoms with Crippen molar-refractivity contribution >= 4 is 33.2 Å². The number of rotatable bonds is 5. The summed E-state index contributed by atoms with van der Waals surface area (Å²) in [6, 6.07) is 11.8. The monoisotopic (exact) mass is 366 g/mol. The van der Waals surface area contributed by atoms with E-state index in [1.165, 1.54) is 37.3 Å². The fourth-order valence-electron chi connectivity index (χ4n) is 2.01. The second-order valence-electron chi connectivity index (χ2n) is 5.22. The van der Waals surface area contributed by atoms with Crippen molar-refractivity contribution in [3.63, 3.8) is 0 Å². The normalized spacial score (nSPS) is 12.5. The molecule has 0 amide bonds. The topological polar surface area (TPSA) is 77.5 Å². The Labute approximate surface area is 145 Å². The highest BCUT2D eigenvalue weighted by Crippen LogP contribution is 2.16. The number of ether oxygens (including phenoxy) is 1. The van der Waals surface area contributed by atoms with Crippen molar-refractivity contribution in [1.29, 1.82) is 0 Å². The Hall–Kier alpha value is -2.18. The molecule has 0 unspecified atom stereocenters. The van der Waals surface area contributed by atoms with Crippen LogP contribution in [0.3, 0.4) is 0 Å². The molecule has 2 aromatic rings. The quantitative estimate of drug-likeness (QED) is 0.600. The third-order valence-electron chi connectivity index (χ3n) is 3.26. The number of benzene rings is 2. The fourth-order valence-corrected chi connectivity index (χ4v) is 2.87. The largest absolute Gasteiger partial charge is 0.451 e. The summed E-state index contributed by atoms with van der Waals surface area (Å²) in [7, 11) is -3.44. The number of hydrogen-bond acceptors (Lipinski definition) is 5. The van der Waals surface area contributed by atoms with Gasteiger partial charge in [0.1, 0.15) is 0 Å². The molecule has 0 radical (unpaired) electrons. The number of esters is 1. The standard InChI is InChI=1S/C17H15ClO5S/c1-11(16(19)12-5-3-7-14(18)9-12)23-17(20)13-6-4-8-15(10-13)24(2,21)22/h3-11H,1-2H3/t11-/m1/s1. The second kappa shape index (κ2) is 7.15. The van der Waals surface area contributed by atoms with Gasteiger partial charge in [-0.15, -0.1) is 0 Å². The lowest BCUT2D eigenvalue weighted by Gasteiger charge is -2.13. The Morgan fingerprint density at radius 1 is 1.04 bits per heavy atom. The molecule has 0 bridgehead atoms. The van der Waals surface area contributed by atoms with Crippen molar-refractivity contribution in [1.82, 2.24) is 0 Å². The van der Waals surface area contributed by atoms with Crippen molar-refractivity contribution < 1.29 is 22.7 Å². The molecule has 2 rings (SSSR count). The van der Waals surface area contributed by atoms with Gasteiger partial charge in [0.25, 0.3) is 0 Å². The van der Waals surface area contributed by atoms with E-state index in [0.29, 0.717) is 10.6 Å². The van der Waals surface area contributed by atoms with Crippen LogP contribution in [-0.4, -0.2) is 32.5 Å². The summed E-state index contributed by atoms with van der Waals surface area (Å²) in [5.41, 5.74) is 0.386. The Morgan fingerprint density at radius 3 is 2.29 bits per heavy atom. The highest BCUT2D eigenvalue weighted by Gasteiger charge is 2.21. The van der Waals surface area contributed by atoms with E-state index in [1.54, 1.807) is 18.2 Å². The molecular weight excluding hydrogens is 352 g/mol. The number of carbonyl (C=O) groups excluding carboxylic acids is 2. The number of sulfone groups is 1. The molecule has 2 aromatic carbocycles. The number of Topliss-reactive ketones (excluding diaryl/α,β-unsaturated/α-hetero) is 1. The number of hydrogen-bond donors (Lipinski definition) is 0. The molecule has 0 aliphatic rings. The number of halogens is 1. The average molecular weight is 367 g/mol. The van der Waals surface area contributed by atoms with Crippen LogP contribution >= 0.6 is 11.6 Å². The smallest absolute Gasteiger partial charge is 0.338 e. The third kappa shape index (κ3) is 4.43. The van der Waals surface area contributed by atoms with Gasteiger partial charge in [-0.2, -0.15) is 0 Å². The molecule has 1 atom stereocenters. The van der Waals surface area contributed by atoms with Crippen LogP contribution in [0.25, 0.3) is 0 Å². The zero-order valence-electron chi connectivity index (χ0n) is 13.0. The minimum Gasteiger partial charge on any atom is -0.451 e. The summed E-state index contributed by atoms with van der Waals surface area (Å²) in [6.45, 7) is 1.45. The lowest BCUT2D eigenvalue weighted by molar-refractivity contribution is 0.0318. The van der Waals surface area contributed by atoms with E-state index in [9.17, 15) is 18.0 Å². The van der Waals surface area contributed by atoms with Gasteiger partial charge < -0.3 is 4.74 Å². The zero-order chi connectivity index (χ0) is 17.9. The average Bonchev–Trinajstić information content (AvgIpc) is 2.53. The Bertz CT molecular complexity index is 889. The number of carbonyl (C=O) groups is 2. The minimum atomic E-state index is -3.44. The molecule has 0 saturated carbocycles. The van der Waals surface area contributed by atoms with Crippen LogP contribution in [0.5, 0.6) is 0 Å². The lowest BCUT2D eigenvalue weighted by Crippen LogP contribution is -2.24. The van der Waals surface area contributed by atoms with Crippen molar-refractivity contribution in [3.05, 3.63) is 64.7 Å². The van der Waals surface area contributed by atoms with Crippen LogP contribution in [0.15, 0.2) is 53.4 Å². The van der Waals surface area contributed by atoms with Crippen molar-refractivity contribution in [3.8, 4) is 0 Å². The lowest BCUT2D eigenvalue weighted by atomic mass is 10.1. The summed E-state index contributed by atoms with van der Waals surface area (Å²) < 4.78 is 28.2. The highest BCUT2D eigenvalue weighted by molar-refractivity contribution is 7.90. The predicted molar refractivity (Wildman–Crippen MR) is 90.2 cm³/mol. The van der Waals surface area contributed by atoms with Gasteiger partial charge in [0.05, 0.1) is 10.5 Å². The molecule has 0 saturated heterocycles. The molecule has 0 aliphatic heterocycles. The molecule has 0 aliphatic carbocycles. The van der Waals surface area contributed by atoms with Crippen LogP contribution < -0.4 is 0 Å². The molecule has 0 N–H and O–H groups in total. The summed E-state index contributed by atoms with van der Waals surface area (Å²) in [6.07, 6.45) is 0.0146. The predicted octanol–water partition coefficient (Wildman–Crippen LogP) is 3.17. The van der Waals surface area contributed by atoms with Gasteiger partial charge in [0.15, 0.2) is 15.9 Å². The summed E-state index contributed by atoms with van der Waals surface area (Å²) in [5.74, 6) is -1.17. The summed E-state index contributed by atoms with van der Waals surface area (Å²) in [4.78, 5) is 24.4. The molecule has 0 fully saturated rings. The summed E-state index contributed by atoms with van der Waals surface area (Å²) in [5, 5.41) is 0.403. The first-order valence-electron chi connectivity index (χ1n) is 6.99. The first kappa shape index (κ1) is 18.2. The van der Waals surface area contributed by atoms with Crippen LogP contribution in [0.2, 0.25) is 5.02 Å². The van der Waals surface area contributed by atoms with Gasteiger partial charge in [-0.25, -0.2) is 13.2 Å². The maximum Gasteiger partial charge on any atom is 0.338 e. The third-order valence-corrected chi connectivity index (χ3v) is 4.61. The van der Waals surface area contributed by atoms with E-state index in [2.05, 4.69) is 0 Å². The highest BCUT2D eigenvalue weighted by atomic mass is 35.5. The Morgan fingerprint density at radius 2 is 1.67 bits per heavy atom. The van der Waals surface area contributed by atoms with Crippen LogP contribution in [0, 0.1) is 0 Å². The fraction of sp³-hybridized carbons (Fsp3) is 0.176. The first-order valence-corrected chi connectivity index (χ1v) is 9.26. The molecule has 0 heterocycles. The minimum absolute atomic E-state index is 0.00534. The Balaban J connectivity index is 2.16. The van der Waals surface area contributed by atoms with Gasteiger partial charge in [-0.3, -0.25) is 4.79 Å². The summed E-state index contributed by atoms with van der Waals surface area (Å²) >= 11 is 5.84. The van der Waals surface area contributed by atoms with E-state index in [-0.39, 0.29) is 10.5 Å². The maximum absolute atomic E-state index is 12.3. The molecule has 0 spiro atoms. The molecule has 24 heavy (non-hydrogen) atoms.